The summed E-state index contributed by atoms with van der Waals surface area (Å²) in [5, 5.41) is 0. The second-order valence-corrected chi connectivity index (χ2v) is 6.87. The van der Waals surface area contributed by atoms with Gasteiger partial charge in [0, 0.05) is 6.42 Å². The van der Waals surface area contributed by atoms with Crippen LogP contribution in [0.5, 0.6) is 0 Å². The lowest BCUT2D eigenvalue weighted by Crippen LogP contribution is -2.34. The summed E-state index contributed by atoms with van der Waals surface area (Å²) >= 11 is 6.30. The van der Waals surface area contributed by atoms with Crippen molar-refractivity contribution in [2.24, 2.45) is 0 Å². The Bertz CT molecular complexity index is 329. The Balaban J connectivity index is 2.00. The molecule has 1 rings (SSSR count). The Morgan fingerprint density at radius 2 is 1.65 bits per heavy atom. The Morgan fingerprint density at radius 3 is 2.15 bits per heavy atom. The Labute approximate surface area is 131 Å². The molecule has 0 aliphatic carbocycles. The number of thiocarbonyl (C=S) groups is 1. The molecule has 0 aromatic rings. The van der Waals surface area contributed by atoms with E-state index in [9.17, 15) is 9.59 Å². The molecular weight excluding hydrogens is 290 g/mol. The van der Waals surface area contributed by atoms with E-state index >= 15 is 0 Å². The maximum Gasteiger partial charge on any atom is 0.245 e. The SMILES string of the molecule is CCCCCCCCCCCC(=O)N1C(=O)CSC1=S. The van der Waals surface area contributed by atoms with Gasteiger partial charge >= 0.3 is 0 Å². The van der Waals surface area contributed by atoms with Crippen LogP contribution in [0.1, 0.15) is 71.1 Å². The highest BCUT2D eigenvalue weighted by atomic mass is 32.2. The molecule has 0 bridgehead atoms. The minimum absolute atomic E-state index is 0.118. The highest BCUT2D eigenvalue weighted by Gasteiger charge is 2.31. The summed E-state index contributed by atoms with van der Waals surface area (Å²) < 4.78 is 0.427. The molecule has 0 atom stereocenters. The summed E-state index contributed by atoms with van der Waals surface area (Å²) in [7, 11) is 0. The molecule has 0 aromatic heterocycles. The van der Waals surface area contributed by atoms with Crippen LogP contribution in [0, 0.1) is 0 Å². The van der Waals surface area contributed by atoms with Crippen LogP contribution in [-0.2, 0) is 9.59 Å². The van der Waals surface area contributed by atoms with Gasteiger partial charge in [0.2, 0.25) is 11.8 Å². The van der Waals surface area contributed by atoms with Gasteiger partial charge in [-0.15, -0.1) is 0 Å². The van der Waals surface area contributed by atoms with Crippen molar-refractivity contribution in [1.29, 1.82) is 0 Å². The Hall–Kier alpha value is -0.420. The molecule has 5 heteroatoms. The summed E-state index contributed by atoms with van der Waals surface area (Å²) in [5.74, 6) is 0.0522. The quantitative estimate of drug-likeness (QED) is 0.445. The molecule has 1 heterocycles. The molecule has 0 unspecified atom stereocenters. The molecule has 2 amide bonds. The first-order valence-electron chi connectivity index (χ1n) is 7.69. The third kappa shape index (κ3) is 6.35. The van der Waals surface area contributed by atoms with Crippen LogP contribution in [0.25, 0.3) is 0 Å². The van der Waals surface area contributed by atoms with Crippen LogP contribution in [-0.4, -0.2) is 26.8 Å². The van der Waals surface area contributed by atoms with Crippen LogP contribution in [0.15, 0.2) is 0 Å². The summed E-state index contributed by atoms with van der Waals surface area (Å²) in [6.07, 6.45) is 11.4. The zero-order valence-electron chi connectivity index (χ0n) is 12.4. The fourth-order valence-electron chi connectivity index (χ4n) is 2.29. The van der Waals surface area contributed by atoms with Gasteiger partial charge in [0.05, 0.1) is 5.75 Å². The predicted molar refractivity (Wildman–Crippen MR) is 88.8 cm³/mol. The van der Waals surface area contributed by atoms with Gasteiger partial charge in [-0.25, -0.2) is 4.90 Å². The number of amides is 2. The molecule has 0 N–H and O–H groups in total. The van der Waals surface area contributed by atoms with Crippen molar-refractivity contribution in [3.05, 3.63) is 0 Å². The number of hydrogen-bond acceptors (Lipinski definition) is 4. The molecule has 1 aliphatic rings. The van der Waals surface area contributed by atoms with Crippen molar-refractivity contribution in [3.63, 3.8) is 0 Å². The maximum atomic E-state index is 11.9. The highest BCUT2D eigenvalue weighted by molar-refractivity contribution is 8.24. The van der Waals surface area contributed by atoms with Gasteiger partial charge in [-0.2, -0.15) is 0 Å². The topological polar surface area (TPSA) is 37.4 Å². The van der Waals surface area contributed by atoms with Crippen molar-refractivity contribution in [3.8, 4) is 0 Å². The fraction of sp³-hybridized carbons (Fsp3) is 0.800. The van der Waals surface area contributed by atoms with E-state index in [2.05, 4.69) is 6.92 Å². The summed E-state index contributed by atoms with van der Waals surface area (Å²) in [6.45, 7) is 2.23. The molecule has 0 saturated carbocycles. The third-order valence-corrected chi connectivity index (χ3v) is 4.85. The van der Waals surface area contributed by atoms with Crippen LogP contribution >= 0.6 is 24.0 Å². The van der Waals surface area contributed by atoms with E-state index in [0.29, 0.717) is 16.5 Å². The first kappa shape index (κ1) is 17.6. The Kier molecular flexibility index (Phi) is 9.10. The van der Waals surface area contributed by atoms with E-state index in [4.69, 9.17) is 12.2 Å². The van der Waals surface area contributed by atoms with E-state index in [-0.39, 0.29) is 11.8 Å². The molecule has 3 nitrogen and oxygen atoms in total. The lowest BCUT2D eigenvalue weighted by molar-refractivity contribution is -0.137. The highest BCUT2D eigenvalue weighted by Crippen LogP contribution is 2.21. The maximum absolute atomic E-state index is 11.9. The van der Waals surface area contributed by atoms with E-state index in [1.807, 2.05) is 0 Å². The zero-order valence-corrected chi connectivity index (χ0v) is 14.0. The molecule has 114 valence electrons. The second kappa shape index (κ2) is 10.3. The molecule has 0 aromatic carbocycles. The van der Waals surface area contributed by atoms with Gasteiger partial charge < -0.3 is 0 Å². The smallest absolute Gasteiger partial charge is 0.245 e. The van der Waals surface area contributed by atoms with Gasteiger partial charge in [-0.05, 0) is 6.42 Å². The molecule has 20 heavy (non-hydrogen) atoms. The minimum atomic E-state index is -0.152. The largest absolute Gasteiger partial charge is 0.274 e. The third-order valence-electron chi connectivity index (χ3n) is 3.49. The zero-order chi connectivity index (χ0) is 14.8. The Morgan fingerprint density at radius 1 is 1.10 bits per heavy atom. The summed E-state index contributed by atoms with van der Waals surface area (Å²) in [4.78, 5) is 24.5. The van der Waals surface area contributed by atoms with Crippen LogP contribution in [0.4, 0.5) is 0 Å². The van der Waals surface area contributed by atoms with E-state index in [1.165, 1.54) is 61.6 Å². The molecule has 0 spiro atoms. The van der Waals surface area contributed by atoms with E-state index in [0.717, 1.165) is 12.8 Å². The average molecular weight is 316 g/mol. The van der Waals surface area contributed by atoms with Crippen molar-refractivity contribution in [2.45, 2.75) is 71.1 Å². The van der Waals surface area contributed by atoms with Crippen LogP contribution < -0.4 is 0 Å². The van der Waals surface area contributed by atoms with E-state index < -0.39 is 0 Å². The predicted octanol–water partition coefficient (Wildman–Crippen LogP) is 4.29. The first-order valence-corrected chi connectivity index (χ1v) is 9.08. The van der Waals surface area contributed by atoms with Crippen molar-refractivity contribution in [1.82, 2.24) is 4.90 Å². The monoisotopic (exact) mass is 315 g/mol. The van der Waals surface area contributed by atoms with Gasteiger partial charge in [0.25, 0.3) is 0 Å². The normalized spacial score (nSPS) is 15.2. The number of thioether (sulfide) groups is 1. The first-order chi connectivity index (χ1) is 9.66. The number of unbranched alkanes of at least 4 members (excludes halogenated alkanes) is 8. The van der Waals surface area contributed by atoms with Crippen molar-refractivity contribution < 1.29 is 9.59 Å². The molecule has 1 fully saturated rings. The standard InChI is InChI=1S/C15H25NO2S2/c1-2-3-4-5-6-7-8-9-10-11-13(17)16-14(18)12-20-15(16)19/h2-12H2,1H3. The number of hydrogen-bond donors (Lipinski definition) is 0. The lowest BCUT2D eigenvalue weighted by atomic mass is 10.1. The van der Waals surface area contributed by atoms with Gasteiger partial charge in [-0.1, -0.05) is 82.3 Å². The molecule has 0 radical (unpaired) electrons. The van der Waals surface area contributed by atoms with Crippen molar-refractivity contribution in [2.75, 3.05) is 5.75 Å². The number of rotatable bonds is 10. The van der Waals surface area contributed by atoms with Gasteiger partial charge in [-0.3, -0.25) is 9.59 Å². The molecule has 1 saturated heterocycles. The molecular formula is C15H25NO2S2. The number of nitrogens with zero attached hydrogens (tertiary/aromatic N) is 1. The van der Waals surface area contributed by atoms with Crippen LogP contribution in [0.3, 0.4) is 0 Å². The van der Waals surface area contributed by atoms with Gasteiger partial charge in [0.1, 0.15) is 4.32 Å². The van der Waals surface area contributed by atoms with Gasteiger partial charge in [0.15, 0.2) is 0 Å². The lowest BCUT2D eigenvalue weighted by Gasteiger charge is -2.12. The number of carbonyl (C=O) groups excluding carboxylic acids is 2. The van der Waals surface area contributed by atoms with E-state index in [1.54, 1.807) is 0 Å². The minimum Gasteiger partial charge on any atom is -0.274 e. The van der Waals surface area contributed by atoms with Crippen molar-refractivity contribution >= 4 is 40.1 Å². The number of imide groups is 1. The fourth-order valence-corrected chi connectivity index (χ4v) is 3.38. The molecule has 1 aliphatic heterocycles. The van der Waals surface area contributed by atoms with Crippen LogP contribution in [0.2, 0.25) is 0 Å². The summed E-state index contributed by atoms with van der Waals surface area (Å²) in [6, 6.07) is 0. The average Bonchev–Trinajstić information content (AvgIpc) is 2.76. The summed E-state index contributed by atoms with van der Waals surface area (Å²) in [5.41, 5.74) is 0. The second-order valence-electron chi connectivity index (χ2n) is 5.26. The number of carbonyl (C=O) groups is 2.